The van der Waals surface area contributed by atoms with E-state index in [0.717, 1.165) is 68.6 Å². The zero-order valence-electron chi connectivity index (χ0n) is 69.5. The van der Waals surface area contributed by atoms with Gasteiger partial charge in [-0.1, -0.05) is 40.9 Å². The van der Waals surface area contributed by atoms with Crippen molar-refractivity contribution in [3.05, 3.63) is 207 Å². The number of halogens is 9. The van der Waals surface area contributed by atoms with Crippen molar-refractivity contribution < 1.29 is 56.7 Å². The Morgan fingerprint density at radius 3 is 1.20 bits per heavy atom. The molecule has 0 amide bonds. The fraction of sp³-hybridized carbons (Fsp3) is 0.349. The molecule has 2 fully saturated rings. The second-order valence-corrected chi connectivity index (χ2v) is 41.1. The largest absolute Gasteiger partial charge is 0.421 e. The second-order valence-electron chi connectivity index (χ2n) is 32.6. The van der Waals surface area contributed by atoms with E-state index in [1.54, 1.807) is 150 Å². The molecule has 40 heteroatoms. The second kappa shape index (κ2) is 38.2. The SMILES string of the molecule is CN1CCC(c2ccc(Nc3ncc(C(F)(F)F)c(Nc4ccc(Cl)c(NS(=O)(=O)C(C)(C)C)c4)n3)cc2F)CC1.Cc1cnc(Nc2ccc(-c3cnn(C4CCN(C)CC4)c3)c(F)c2)nc1Nc1ccc(Cl)c(NS(=O)(=O)C(C)(C)C)c1.Cc1cnc(Nc2ccc(-c3cnn(CCO)c3)c(F)c2)nc1Nc1ccc(Cl)c(NS(=O)(=O)C(C)(C)C)c1. The standard InChI is InChI=1S/C30H36ClFN8O2S.C27H31ClF4N6O2S.C26H29ClFN7O3S/c1-19-16-33-29(37-28(19)35-22-7-9-25(31)27(15-22)38-43(41,42)30(2,3)4)36-21-6-8-24(26(32)14-21)20-17-34-40(18-20)23-10-12-39(5)13-11-23;1-26(2,3)41(39,40)37-23-14-18(6-8-21(23)28)34-24-20(27(30,31)32)15-33-25(36-24)35-17-5-7-19(22(29)13-17)16-9-11-38(4)12-10-16;1-16-13-29-25(32-18-5-7-20(22(28)11-18)17-14-30-35(15-17)9-10-36)33-24(16)31-19-6-8-21(27)23(12-19)34-39(37,38)26(2,3)4/h6-9,14-18,23,38H,10-13H2,1-5H3,(H2,33,35,36,37);5-8,13-16,37H,9-12H2,1-4H3,(H2,33,34,35,36);5-8,11-15,34,36H,9-10H2,1-4H3,(H2,29,31,32,33). The molecule has 0 unspecified atom stereocenters. The van der Waals surface area contributed by atoms with Crippen LogP contribution in [0.3, 0.4) is 0 Å². The molecule has 7 heterocycles. The molecule has 0 saturated carbocycles. The lowest BCUT2D eigenvalue weighted by atomic mass is 9.89. The number of piperidine rings is 2. The molecule has 10 N–H and O–H groups in total. The summed E-state index contributed by atoms with van der Waals surface area (Å²) in [5.74, 6) is -0.510. The molecule has 13 rings (SSSR count). The fourth-order valence-electron chi connectivity index (χ4n) is 12.3. The summed E-state index contributed by atoms with van der Waals surface area (Å²) in [6, 6.07) is 28.2. The van der Waals surface area contributed by atoms with Crippen molar-refractivity contribution in [3.63, 3.8) is 0 Å². The molecular weight excluding hydrogens is 1720 g/mol. The number of aliphatic hydroxyl groups is 1. The van der Waals surface area contributed by atoms with E-state index in [9.17, 15) is 47.2 Å². The van der Waals surface area contributed by atoms with E-state index >= 15 is 4.39 Å². The predicted molar refractivity (Wildman–Crippen MR) is 475 cm³/mol. The number of nitrogens with zero attached hydrogens (tertiary/aromatic N) is 12. The maximum absolute atomic E-state index is 15.2. The lowest BCUT2D eigenvalue weighted by Gasteiger charge is -2.29. The molecule has 2 aliphatic heterocycles. The molecule has 11 aromatic rings. The maximum Gasteiger partial charge on any atom is 0.421 e. The zero-order valence-corrected chi connectivity index (χ0v) is 74.3. The quantitative estimate of drug-likeness (QED) is 0.0251. The number of sulfonamides is 3. The van der Waals surface area contributed by atoms with E-state index in [1.807, 2.05) is 31.8 Å². The molecule has 123 heavy (non-hydrogen) atoms. The molecule has 0 aliphatic carbocycles. The Morgan fingerprint density at radius 2 is 0.805 bits per heavy atom. The molecule has 6 aromatic carbocycles. The highest BCUT2D eigenvalue weighted by atomic mass is 35.5. The molecule has 0 bridgehead atoms. The first-order chi connectivity index (χ1) is 57.7. The van der Waals surface area contributed by atoms with E-state index in [1.165, 1.54) is 57.2 Å². The van der Waals surface area contributed by atoms with Crippen LogP contribution in [0, 0.1) is 31.3 Å². The van der Waals surface area contributed by atoms with Crippen molar-refractivity contribution in [3.8, 4) is 22.3 Å². The highest BCUT2D eigenvalue weighted by Gasteiger charge is 2.37. The fourth-order valence-corrected chi connectivity index (χ4v) is 15.3. The number of aliphatic hydroxyl groups excluding tert-OH is 1. The van der Waals surface area contributed by atoms with Crippen LogP contribution in [-0.4, -0.2) is 151 Å². The molecule has 0 spiro atoms. The van der Waals surface area contributed by atoms with Gasteiger partial charge in [-0.05, 0) is 257 Å². The summed E-state index contributed by atoms with van der Waals surface area (Å²) >= 11 is 18.7. The number of aryl methyl sites for hydroxylation is 2. The van der Waals surface area contributed by atoms with E-state index in [0.29, 0.717) is 75.4 Å². The summed E-state index contributed by atoms with van der Waals surface area (Å²) in [5.41, 5.74) is 5.97. The van der Waals surface area contributed by atoms with Crippen molar-refractivity contribution in [2.24, 2.45) is 0 Å². The van der Waals surface area contributed by atoms with Crippen LogP contribution in [0.5, 0.6) is 0 Å². The molecule has 2 saturated heterocycles. The Balaban J connectivity index is 0.000000180. The molecular formula is C83H96Cl3F6N21O7S3. The first kappa shape index (κ1) is 93.1. The Hall–Kier alpha value is -10.6. The average Bonchev–Trinajstić information content (AvgIpc) is 1.28. The number of alkyl halides is 3. The number of benzene rings is 6. The van der Waals surface area contributed by atoms with Gasteiger partial charge < -0.3 is 46.8 Å². The highest BCUT2D eigenvalue weighted by molar-refractivity contribution is 7.94. The van der Waals surface area contributed by atoms with Crippen LogP contribution in [0.2, 0.25) is 15.1 Å². The van der Waals surface area contributed by atoms with Crippen LogP contribution in [0.4, 0.5) is 113 Å². The average molecular weight is 1820 g/mol. The number of hydrogen-bond acceptors (Lipinski definition) is 23. The number of likely N-dealkylation sites (tertiary alicyclic amines) is 2. The summed E-state index contributed by atoms with van der Waals surface area (Å²) in [7, 11) is -7.08. The van der Waals surface area contributed by atoms with Crippen molar-refractivity contribution in [2.45, 2.75) is 141 Å². The monoisotopic (exact) mass is 1810 g/mol. The van der Waals surface area contributed by atoms with Gasteiger partial charge in [0.2, 0.25) is 47.9 Å². The minimum atomic E-state index is -4.80. The summed E-state index contributed by atoms with van der Waals surface area (Å²) in [5, 5.41) is 36.0. The number of hydrogen-bond donors (Lipinski definition) is 10. The van der Waals surface area contributed by atoms with Crippen LogP contribution in [-0.2, 0) is 42.8 Å². The van der Waals surface area contributed by atoms with Gasteiger partial charge in [0.25, 0.3) is 0 Å². The van der Waals surface area contributed by atoms with E-state index in [-0.39, 0.29) is 79.7 Å². The third-order valence-corrected chi connectivity index (χ3v) is 27.3. The first-order valence-corrected chi connectivity index (χ1v) is 44.4. The van der Waals surface area contributed by atoms with Gasteiger partial charge in [0.15, 0.2) is 0 Å². The topological polar surface area (TPSA) is 350 Å². The Bertz CT molecular complexity index is 6000. The summed E-state index contributed by atoms with van der Waals surface area (Å²) in [4.78, 5) is 29.9. The predicted octanol–water partition coefficient (Wildman–Crippen LogP) is 19.3. The van der Waals surface area contributed by atoms with Crippen LogP contribution in [0.15, 0.2) is 153 Å². The number of anilines is 15. The summed E-state index contributed by atoms with van der Waals surface area (Å²) < 4.78 is 170. The Labute approximate surface area is 726 Å². The van der Waals surface area contributed by atoms with Crippen LogP contribution >= 0.6 is 34.8 Å². The summed E-state index contributed by atoms with van der Waals surface area (Å²) in [6.45, 7) is 21.8. The number of nitrogens with one attached hydrogen (secondary N) is 9. The van der Waals surface area contributed by atoms with Gasteiger partial charge in [-0.3, -0.25) is 23.5 Å². The van der Waals surface area contributed by atoms with Gasteiger partial charge in [0.05, 0.1) is 78.0 Å². The summed E-state index contributed by atoms with van der Waals surface area (Å²) in [6.07, 6.45) is 9.60. The maximum atomic E-state index is 15.2. The smallest absolute Gasteiger partial charge is 0.394 e. The minimum Gasteiger partial charge on any atom is -0.394 e. The van der Waals surface area contributed by atoms with Crippen molar-refractivity contribution in [1.82, 2.24) is 59.3 Å². The normalized spacial score (nSPS) is 14.2. The van der Waals surface area contributed by atoms with Crippen LogP contribution in [0.1, 0.15) is 122 Å². The van der Waals surface area contributed by atoms with Crippen molar-refractivity contribution in [2.75, 3.05) is 92.9 Å². The highest BCUT2D eigenvalue weighted by Crippen LogP contribution is 2.41. The molecule has 5 aromatic heterocycles. The van der Waals surface area contributed by atoms with E-state index in [2.05, 4.69) is 103 Å². The van der Waals surface area contributed by atoms with E-state index < -0.39 is 73.5 Å². The minimum absolute atomic E-state index is 0.0206. The van der Waals surface area contributed by atoms with Gasteiger partial charge in [-0.2, -0.15) is 38.3 Å². The third kappa shape index (κ3) is 24.0. The molecule has 656 valence electrons. The Kier molecular flexibility index (Phi) is 28.9. The molecule has 0 atom stereocenters. The van der Waals surface area contributed by atoms with Crippen molar-refractivity contribution >= 4 is 151 Å². The zero-order chi connectivity index (χ0) is 89.5. The third-order valence-electron chi connectivity index (χ3n) is 20.0. The number of rotatable bonds is 24. The number of aromatic nitrogens is 10. The van der Waals surface area contributed by atoms with Gasteiger partial charge in [0.1, 0.15) is 40.5 Å². The van der Waals surface area contributed by atoms with Gasteiger partial charge in [0, 0.05) is 98.5 Å². The Morgan fingerprint density at radius 1 is 0.447 bits per heavy atom. The first-order valence-electron chi connectivity index (χ1n) is 38.8. The van der Waals surface area contributed by atoms with Gasteiger partial charge >= 0.3 is 6.18 Å². The lowest BCUT2D eigenvalue weighted by Crippen LogP contribution is -2.33. The molecule has 2 aliphatic rings. The molecule has 28 nitrogen and oxygen atoms in total. The molecule has 0 radical (unpaired) electrons. The van der Waals surface area contributed by atoms with Gasteiger partial charge in [-0.25, -0.2) is 53.4 Å². The van der Waals surface area contributed by atoms with Crippen LogP contribution < -0.4 is 46.1 Å². The van der Waals surface area contributed by atoms with Crippen molar-refractivity contribution in [1.29, 1.82) is 0 Å². The van der Waals surface area contributed by atoms with Crippen LogP contribution in [0.25, 0.3) is 22.3 Å². The van der Waals surface area contributed by atoms with E-state index in [4.69, 9.17) is 39.9 Å². The lowest BCUT2D eigenvalue weighted by molar-refractivity contribution is -0.137. The van der Waals surface area contributed by atoms with Gasteiger partial charge in [-0.15, -0.1) is 0 Å².